The first-order chi connectivity index (χ1) is 21.0. The molecule has 44 heavy (non-hydrogen) atoms. The number of hydrogen-bond donors (Lipinski definition) is 3. The second-order valence-electron chi connectivity index (χ2n) is 13.4. The second-order valence-corrected chi connectivity index (χ2v) is 13.4. The first kappa shape index (κ1) is 29.3. The van der Waals surface area contributed by atoms with E-state index in [1.165, 1.54) is 7.11 Å². The predicted octanol–water partition coefficient (Wildman–Crippen LogP) is 6.46. The highest BCUT2D eigenvalue weighted by atomic mass is 19.4. The zero-order valence-corrected chi connectivity index (χ0v) is 24.4. The number of ether oxygens (including phenoxy) is 1. The van der Waals surface area contributed by atoms with Crippen molar-refractivity contribution in [2.24, 2.45) is 35.5 Å². The van der Waals surface area contributed by atoms with Crippen molar-refractivity contribution in [3.05, 3.63) is 70.6 Å². The fraction of sp³-hybridized carbons (Fsp3) is 0.529. The fourth-order valence-corrected chi connectivity index (χ4v) is 8.55. The summed E-state index contributed by atoms with van der Waals surface area (Å²) in [6.45, 7) is 0. The lowest BCUT2D eigenvalue weighted by molar-refractivity contribution is -0.140. The Balaban J connectivity index is 1.15. The van der Waals surface area contributed by atoms with Gasteiger partial charge in [0.1, 0.15) is 11.6 Å². The third-order valence-corrected chi connectivity index (χ3v) is 10.8. The van der Waals surface area contributed by atoms with E-state index in [2.05, 4.69) is 16.7 Å². The normalized spacial score (nSPS) is 33.2. The van der Waals surface area contributed by atoms with Crippen molar-refractivity contribution in [1.29, 1.82) is 0 Å². The number of allylic oxidation sites excluding steroid dienone is 1. The number of rotatable bonds is 7. The highest BCUT2D eigenvalue weighted by molar-refractivity contribution is 5.99. The molecule has 6 nitrogen and oxygen atoms in total. The molecule has 2 bridgehead atoms. The van der Waals surface area contributed by atoms with Gasteiger partial charge < -0.3 is 20.5 Å². The number of aliphatic hydroxyl groups is 1. The first-order valence-electron chi connectivity index (χ1n) is 15.6. The number of hydrogen-bond acceptors (Lipinski definition) is 4. The molecule has 8 atom stereocenters. The van der Waals surface area contributed by atoms with Crippen LogP contribution in [-0.2, 0) is 11.0 Å². The SMILES string of the molecule is COc1ccc(C2CC3CC(O)CC32)cc1C(=O)N[C@H]1[C@@H](C(=O)Nc2ccc(F)c(C(F)(F)F)c2)[C@H]2CC[C@@H]1/C2=C\C1CC1. The minimum absolute atomic E-state index is 0.0548. The molecule has 0 heterocycles. The molecule has 234 valence electrons. The molecule has 2 amide bonds. The number of carbonyl (C=O) groups excluding carboxylic acids is 2. The minimum atomic E-state index is -4.90. The summed E-state index contributed by atoms with van der Waals surface area (Å²) in [5.41, 5.74) is 0.956. The van der Waals surface area contributed by atoms with Gasteiger partial charge >= 0.3 is 6.18 Å². The molecular weight excluding hydrogens is 576 g/mol. The number of alkyl halides is 3. The van der Waals surface area contributed by atoms with E-state index in [-0.39, 0.29) is 35.5 Å². The van der Waals surface area contributed by atoms with Gasteiger partial charge in [0.25, 0.3) is 5.91 Å². The van der Waals surface area contributed by atoms with Gasteiger partial charge in [0.15, 0.2) is 0 Å². The molecule has 10 heteroatoms. The molecule has 4 unspecified atom stereocenters. The average Bonchev–Trinajstić information content (AvgIpc) is 3.57. The Morgan fingerprint density at radius 3 is 2.45 bits per heavy atom. The number of nitrogens with one attached hydrogen (secondary N) is 2. The lowest BCUT2D eigenvalue weighted by Gasteiger charge is -2.41. The molecule has 0 radical (unpaired) electrons. The zero-order chi connectivity index (χ0) is 30.9. The lowest BCUT2D eigenvalue weighted by atomic mass is 9.64. The molecule has 0 aliphatic heterocycles. The number of fused-ring (bicyclic) bond motifs is 3. The summed E-state index contributed by atoms with van der Waals surface area (Å²) in [5, 5.41) is 15.9. The smallest absolute Gasteiger partial charge is 0.419 e. The summed E-state index contributed by atoms with van der Waals surface area (Å²) in [5.74, 6) is -1.12. The topological polar surface area (TPSA) is 87.7 Å². The van der Waals surface area contributed by atoms with Crippen molar-refractivity contribution in [3.63, 3.8) is 0 Å². The van der Waals surface area contributed by atoms with Crippen molar-refractivity contribution in [2.45, 2.75) is 69.2 Å². The summed E-state index contributed by atoms with van der Waals surface area (Å²) in [6, 6.07) is 7.50. The van der Waals surface area contributed by atoms with Gasteiger partial charge in [-0.25, -0.2) is 4.39 Å². The molecule has 0 aromatic heterocycles. The van der Waals surface area contributed by atoms with Gasteiger partial charge in [0.2, 0.25) is 5.91 Å². The molecule has 5 fully saturated rings. The number of carbonyl (C=O) groups is 2. The molecular formula is C34H36F4N2O4. The summed E-state index contributed by atoms with van der Waals surface area (Å²) in [7, 11) is 1.50. The standard InChI is InChI=1S/C34H36F4N2O4/c1-44-29-9-4-17(23-13-18-11-20(41)15-24(18)23)12-26(29)32(42)40-31-22-7-6-21(25(22)10-16-2-3-16)30(31)33(43)39-19-5-8-28(35)27(14-19)34(36,37)38/h4-5,8-10,12,14,16,18,20-24,30-31,41H,2-3,6-7,11,13,15H2,1H3,(H,39,43)(H,40,42)/b25-10-/t18?,20?,21-,22+,23?,24?,30-,31+/m0/s1. The van der Waals surface area contributed by atoms with E-state index < -0.39 is 35.4 Å². The van der Waals surface area contributed by atoms with Crippen LogP contribution in [0.3, 0.4) is 0 Å². The molecule has 2 aromatic carbocycles. The van der Waals surface area contributed by atoms with Gasteiger partial charge in [-0.1, -0.05) is 17.7 Å². The third kappa shape index (κ3) is 5.18. The Labute approximate surface area is 253 Å². The Morgan fingerprint density at radius 2 is 1.75 bits per heavy atom. The van der Waals surface area contributed by atoms with E-state index in [0.717, 1.165) is 62.1 Å². The van der Waals surface area contributed by atoms with E-state index in [4.69, 9.17) is 4.74 Å². The van der Waals surface area contributed by atoms with Crippen LogP contribution < -0.4 is 15.4 Å². The maximum atomic E-state index is 13.9. The van der Waals surface area contributed by atoms with Crippen LogP contribution in [0, 0.1) is 41.3 Å². The van der Waals surface area contributed by atoms with Gasteiger partial charge in [-0.2, -0.15) is 13.2 Å². The van der Waals surface area contributed by atoms with Gasteiger partial charge in [-0.3, -0.25) is 9.59 Å². The van der Waals surface area contributed by atoms with Crippen LogP contribution in [0.2, 0.25) is 0 Å². The van der Waals surface area contributed by atoms with Gasteiger partial charge in [-0.15, -0.1) is 0 Å². The van der Waals surface area contributed by atoms with Crippen LogP contribution in [0.15, 0.2) is 48.0 Å². The quantitative estimate of drug-likeness (QED) is 0.248. The number of benzene rings is 2. The van der Waals surface area contributed by atoms with E-state index >= 15 is 0 Å². The molecule has 5 saturated carbocycles. The van der Waals surface area contributed by atoms with Crippen molar-refractivity contribution >= 4 is 17.5 Å². The minimum Gasteiger partial charge on any atom is -0.496 e. The summed E-state index contributed by atoms with van der Waals surface area (Å²) in [6.07, 6.45) is 3.33. The number of aliphatic hydroxyl groups excluding tert-OH is 1. The van der Waals surface area contributed by atoms with Crippen LogP contribution in [0.4, 0.5) is 23.2 Å². The molecule has 5 aliphatic rings. The maximum Gasteiger partial charge on any atom is 0.419 e. The Kier molecular flexibility index (Phi) is 7.26. The number of halogens is 4. The first-order valence-corrected chi connectivity index (χ1v) is 15.6. The van der Waals surface area contributed by atoms with E-state index in [9.17, 15) is 32.3 Å². The van der Waals surface area contributed by atoms with Crippen molar-refractivity contribution in [2.75, 3.05) is 12.4 Å². The highest BCUT2D eigenvalue weighted by Gasteiger charge is 2.55. The van der Waals surface area contributed by atoms with E-state index in [1.807, 2.05) is 12.1 Å². The van der Waals surface area contributed by atoms with Crippen LogP contribution in [0.5, 0.6) is 5.75 Å². The van der Waals surface area contributed by atoms with Crippen molar-refractivity contribution in [3.8, 4) is 5.75 Å². The number of amides is 2. The van der Waals surface area contributed by atoms with Crippen LogP contribution in [0.1, 0.15) is 72.3 Å². The molecule has 0 spiro atoms. The second kappa shape index (κ2) is 10.9. The summed E-state index contributed by atoms with van der Waals surface area (Å²) >= 11 is 0. The zero-order valence-electron chi connectivity index (χ0n) is 24.4. The molecule has 0 saturated heterocycles. The van der Waals surface area contributed by atoms with Gasteiger partial charge in [0.05, 0.1) is 30.3 Å². The number of anilines is 1. The molecule has 2 aromatic rings. The third-order valence-electron chi connectivity index (χ3n) is 10.8. The van der Waals surface area contributed by atoms with Crippen molar-refractivity contribution in [1.82, 2.24) is 5.32 Å². The largest absolute Gasteiger partial charge is 0.496 e. The molecule has 5 aliphatic carbocycles. The van der Waals surface area contributed by atoms with Crippen LogP contribution in [-0.4, -0.2) is 36.2 Å². The Bertz CT molecular complexity index is 1520. The van der Waals surface area contributed by atoms with E-state index in [0.29, 0.717) is 41.2 Å². The maximum absolute atomic E-state index is 13.9. The van der Waals surface area contributed by atoms with Crippen LogP contribution in [0.25, 0.3) is 0 Å². The lowest BCUT2D eigenvalue weighted by Crippen LogP contribution is -2.48. The fourth-order valence-electron chi connectivity index (χ4n) is 8.55. The number of methoxy groups -OCH3 is 1. The predicted molar refractivity (Wildman–Crippen MR) is 154 cm³/mol. The monoisotopic (exact) mass is 612 g/mol. The average molecular weight is 613 g/mol. The Morgan fingerprint density at radius 1 is 0.977 bits per heavy atom. The van der Waals surface area contributed by atoms with Crippen LogP contribution >= 0.6 is 0 Å². The Hall–Kier alpha value is -3.40. The van der Waals surface area contributed by atoms with Gasteiger partial charge in [0, 0.05) is 17.6 Å². The molecule has 3 N–H and O–H groups in total. The summed E-state index contributed by atoms with van der Waals surface area (Å²) in [4.78, 5) is 27.7. The molecule has 7 rings (SSSR count). The van der Waals surface area contributed by atoms with E-state index in [1.54, 1.807) is 6.07 Å². The van der Waals surface area contributed by atoms with Crippen molar-refractivity contribution < 1.29 is 37.0 Å². The summed E-state index contributed by atoms with van der Waals surface area (Å²) < 4.78 is 59.5. The highest BCUT2D eigenvalue weighted by Crippen LogP contribution is 2.57. The van der Waals surface area contributed by atoms with Gasteiger partial charge in [-0.05, 0) is 110 Å².